The van der Waals surface area contributed by atoms with E-state index >= 15 is 0 Å². The summed E-state index contributed by atoms with van der Waals surface area (Å²) in [6.45, 7) is 0. The smallest absolute Gasteiger partial charge is 0.141 e. The van der Waals surface area contributed by atoms with Gasteiger partial charge < -0.3 is 8.83 Å². The first kappa shape index (κ1) is 29.0. The third-order valence-electron chi connectivity index (χ3n) is 10.4. The quantitative estimate of drug-likeness (QED) is 0.173. The standard InChI is InChI=1S/C45H31N3O2S/c1-2-11-26(12-3-1)43-46-44(34-19-9-16-31-29-13-4-6-21-37(29)49-40(31)34)48-45(47-43)35-20-10-17-32-36-25-27(23-24-38(36)50-41(32)35)28-15-8-18-33-30-14-5-7-22-39(30)51-42(28)33/h1-25,43-48H. The Balaban J connectivity index is 1.04. The average Bonchev–Trinajstić information content (AvgIpc) is 3.89. The van der Waals surface area contributed by atoms with Crippen LogP contribution in [0, 0.1) is 0 Å². The topological polar surface area (TPSA) is 62.4 Å². The Morgan fingerprint density at radius 1 is 0.431 bits per heavy atom. The molecule has 7 aromatic carbocycles. The highest BCUT2D eigenvalue weighted by molar-refractivity contribution is 7.26. The second kappa shape index (κ2) is 11.4. The maximum absolute atomic E-state index is 6.74. The van der Waals surface area contributed by atoms with Crippen molar-refractivity contribution in [2.45, 2.75) is 18.5 Å². The fourth-order valence-electron chi connectivity index (χ4n) is 8.03. The summed E-state index contributed by atoms with van der Waals surface area (Å²) in [5, 5.41) is 18.6. The van der Waals surface area contributed by atoms with Crippen LogP contribution in [0.15, 0.2) is 160 Å². The van der Waals surface area contributed by atoms with E-state index in [1.54, 1.807) is 0 Å². The lowest BCUT2D eigenvalue weighted by Gasteiger charge is -2.39. The van der Waals surface area contributed by atoms with E-state index in [-0.39, 0.29) is 18.5 Å². The van der Waals surface area contributed by atoms with E-state index < -0.39 is 0 Å². The lowest BCUT2D eigenvalue weighted by molar-refractivity contribution is 0.203. The summed E-state index contributed by atoms with van der Waals surface area (Å²) >= 11 is 1.86. The molecule has 3 N–H and O–H groups in total. The predicted octanol–water partition coefficient (Wildman–Crippen LogP) is 11.7. The van der Waals surface area contributed by atoms with Gasteiger partial charge in [0.05, 0.1) is 18.5 Å². The molecule has 10 aromatic rings. The fraction of sp³-hybridized carbons (Fsp3) is 0.0667. The second-order valence-electron chi connectivity index (χ2n) is 13.3. The molecule has 11 rings (SSSR count). The predicted molar refractivity (Wildman–Crippen MR) is 210 cm³/mol. The molecule has 5 nitrogen and oxygen atoms in total. The lowest BCUT2D eigenvalue weighted by Crippen LogP contribution is -2.54. The van der Waals surface area contributed by atoms with Gasteiger partial charge >= 0.3 is 0 Å². The third-order valence-corrected chi connectivity index (χ3v) is 11.7. The molecule has 51 heavy (non-hydrogen) atoms. The van der Waals surface area contributed by atoms with Crippen LogP contribution in [-0.4, -0.2) is 0 Å². The minimum absolute atomic E-state index is 0.130. The molecular formula is C45H31N3O2S. The molecule has 1 aliphatic heterocycles. The SMILES string of the molecule is c1ccc(C2NC(c3cccc4c3oc3ccccc34)NC(c3cccc4c3oc3ccc(-c5cccc6c5sc5ccccc56)cc34)N2)cc1. The Labute approximate surface area is 297 Å². The zero-order valence-corrected chi connectivity index (χ0v) is 28.2. The normalized spacial score (nSPS) is 18.2. The molecule has 3 aromatic heterocycles. The number of nitrogens with one attached hydrogen (secondary N) is 3. The Morgan fingerprint density at radius 2 is 1.02 bits per heavy atom. The molecule has 0 spiro atoms. The summed E-state index contributed by atoms with van der Waals surface area (Å²) < 4.78 is 15.9. The molecule has 244 valence electrons. The fourth-order valence-corrected chi connectivity index (χ4v) is 9.27. The van der Waals surface area contributed by atoms with Crippen LogP contribution in [0.3, 0.4) is 0 Å². The molecule has 1 saturated heterocycles. The maximum atomic E-state index is 6.74. The van der Waals surface area contributed by atoms with Gasteiger partial charge in [-0.3, -0.25) is 16.0 Å². The van der Waals surface area contributed by atoms with E-state index in [0.717, 1.165) is 60.6 Å². The molecule has 3 unspecified atom stereocenters. The van der Waals surface area contributed by atoms with Crippen LogP contribution in [-0.2, 0) is 0 Å². The molecule has 0 bridgehead atoms. The first-order valence-electron chi connectivity index (χ1n) is 17.4. The van der Waals surface area contributed by atoms with Gasteiger partial charge in [0.25, 0.3) is 0 Å². The van der Waals surface area contributed by atoms with Crippen molar-refractivity contribution in [1.29, 1.82) is 0 Å². The number of fused-ring (bicyclic) bond motifs is 9. The van der Waals surface area contributed by atoms with Crippen LogP contribution >= 0.6 is 11.3 Å². The van der Waals surface area contributed by atoms with Crippen molar-refractivity contribution in [2.24, 2.45) is 0 Å². The van der Waals surface area contributed by atoms with Crippen LogP contribution in [0.4, 0.5) is 0 Å². The van der Waals surface area contributed by atoms with E-state index in [1.165, 1.54) is 31.3 Å². The molecule has 0 aliphatic carbocycles. The minimum atomic E-state index is -0.225. The number of thiophene rings is 1. The third kappa shape index (κ3) is 4.58. The number of para-hydroxylation sites is 3. The van der Waals surface area contributed by atoms with Gasteiger partial charge in [0.1, 0.15) is 22.3 Å². The molecule has 3 atom stereocenters. The Kier molecular flexibility index (Phi) is 6.48. The van der Waals surface area contributed by atoms with E-state index in [9.17, 15) is 0 Å². The zero-order valence-electron chi connectivity index (χ0n) is 27.4. The van der Waals surface area contributed by atoms with Crippen molar-refractivity contribution >= 4 is 75.4 Å². The van der Waals surface area contributed by atoms with Crippen molar-refractivity contribution in [3.8, 4) is 11.1 Å². The van der Waals surface area contributed by atoms with Gasteiger partial charge in [-0.1, -0.05) is 127 Å². The van der Waals surface area contributed by atoms with E-state index in [1.807, 2.05) is 23.5 Å². The van der Waals surface area contributed by atoms with E-state index in [0.29, 0.717) is 0 Å². The summed E-state index contributed by atoms with van der Waals surface area (Å²) in [6.07, 6.45) is -0.564. The monoisotopic (exact) mass is 677 g/mol. The van der Waals surface area contributed by atoms with Crippen LogP contribution in [0.2, 0.25) is 0 Å². The maximum Gasteiger partial charge on any atom is 0.141 e. The number of hydrogen-bond donors (Lipinski definition) is 3. The first-order chi connectivity index (χ1) is 25.3. The van der Waals surface area contributed by atoms with Gasteiger partial charge in [-0.25, -0.2) is 0 Å². The number of benzene rings is 7. The van der Waals surface area contributed by atoms with Crippen molar-refractivity contribution in [1.82, 2.24) is 16.0 Å². The number of furan rings is 2. The first-order valence-corrected chi connectivity index (χ1v) is 18.2. The van der Waals surface area contributed by atoms with Gasteiger partial charge in [0, 0.05) is 52.8 Å². The van der Waals surface area contributed by atoms with E-state index in [4.69, 9.17) is 8.83 Å². The second-order valence-corrected chi connectivity index (χ2v) is 14.4. The van der Waals surface area contributed by atoms with Crippen LogP contribution < -0.4 is 16.0 Å². The molecular weight excluding hydrogens is 647 g/mol. The van der Waals surface area contributed by atoms with Gasteiger partial charge in [0.2, 0.25) is 0 Å². The minimum Gasteiger partial charge on any atom is -0.456 e. The van der Waals surface area contributed by atoms with Crippen LogP contribution in [0.1, 0.15) is 35.2 Å². The highest BCUT2D eigenvalue weighted by Crippen LogP contribution is 2.43. The van der Waals surface area contributed by atoms with Crippen LogP contribution in [0.5, 0.6) is 0 Å². The molecule has 0 amide bonds. The largest absolute Gasteiger partial charge is 0.456 e. The zero-order chi connectivity index (χ0) is 33.5. The molecule has 1 aliphatic rings. The van der Waals surface area contributed by atoms with Crippen molar-refractivity contribution < 1.29 is 8.83 Å². The highest BCUT2D eigenvalue weighted by Gasteiger charge is 2.33. The summed E-state index contributed by atoms with van der Waals surface area (Å²) in [5.74, 6) is 0. The summed E-state index contributed by atoms with van der Waals surface area (Å²) in [4.78, 5) is 0. The summed E-state index contributed by atoms with van der Waals surface area (Å²) in [5.41, 5.74) is 9.24. The Morgan fingerprint density at radius 3 is 1.80 bits per heavy atom. The molecule has 0 radical (unpaired) electrons. The summed E-state index contributed by atoms with van der Waals surface area (Å²) in [6, 6.07) is 53.6. The lowest BCUT2D eigenvalue weighted by atomic mass is 9.99. The molecule has 4 heterocycles. The van der Waals surface area contributed by atoms with Gasteiger partial charge in [-0.05, 0) is 41.0 Å². The number of hydrogen-bond acceptors (Lipinski definition) is 6. The van der Waals surface area contributed by atoms with Crippen molar-refractivity contribution in [3.05, 3.63) is 168 Å². The van der Waals surface area contributed by atoms with Crippen LogP contribution in [0.25, 0.3) is 75.2 Å². The molecule has 6 heteroatoms. The van der Waals surface area contributed by atoms with Gasteiger partial charge in [-0.15, -0.1) is 11.3 Å². The highest BCUT2D eigenvalue weighted by atomic mass is 32.1. The van der Waals surface area contributed by atoms with Crippen molar-refractivity contribution in [2.75, 3.05) is 0 Å². The van der Waals surface area contributed by atoms with Gasteiger partial charge in [0.15, 0.2) is 0 Å². The van der Waals surface area contributed by atoms with Gasteiger partial charge in [-0.2, -0.15) is 0 Å². The average molecular weight is 678 g/mol. The Bertz CT molecular complexity index is 2940. The van der Waals surface area contributed by atoms with Crippen molar-refractivity contribution in [3.63, 3.8) is 0 Å². The molecule has 1 fully saturated rings. The van der Waals surface area contributed by atoms with E-state index in [2.05, 4.69) is 155 Å². The summed E-state index contributed by atoms with van der Waals surface area (Å²) in [7, 11) is 0. The Hall–Kier alpha value is -5.76. The number of rotatable bonds is 4. The molecule has 0 saturated carbocycles.